The Kier molecular flexibility index (Phi) is 4.76. The summed E-state index contributed by atoms with van der Waals surface area (Å²) in [6.45, 7) is 0.377. The summed E-state index contributed by atoms with van der Waals surface area (Å²) in [5, 5.41) is 10.9. The van der Waals surface area contributed by atoms with Crippen molar-refractivity contribution in [1.82, 2.24) is 4.98 Å². The van der Waals surface area contributed by atoms with Crippen LogP contribution in [0.3, 0.4) is 0 Å². The van der Waals surface area contributed by atoms with Gasteiger partial charge in [-0.3, -0.25) is 0 Å². The fraction of sp³-hybridized carbons (Fsp3) is 0.455. The number of aromatic nitrogens is 1. The number of hydrogen-bond acceptors (Lipinski definition) is 3. The van der Waals surface area contributed by atoms with Gasteiger partial charge in [0.15, 0.2) is 0 Å². The number of alkyl halides is 3. The smallest absolute Gasteiger partial charge is 0.370 e. The van der Waals surface area contributed by atoms with E-state index in [-0.39, 0.29) is 5.82 Å². The highest BCUT2D eigenvalue weighted by Gasteiger charge is 2.33. The molecule has 1 heterocycles. The zero-order valence-electron chi connectivity index (χ0n) is 9.09. The number of halogens is 3. The summed E-state index contributed by atoms with van der Waals surface area (Å²) >= 11 is 0. The van der Waals surface area contributed by atoms with Crippen LogP contribution in [0.4, 0.5) is 19.0 Å². The molecule has 0 saturated carbocycles. The van der Waals surface area contributed by atoms with Crippen molar-refractivity contribution in [3.63, 3.8) is 0 Å². The largest absolute Gasteiger partial charge is 0.419 e. The summed E-state index contributed by atoms with van der Waals surface area (Å²) < 4.78 is 37.7. The standard InChI is InChI=1S/C11H12F3N3/c12-11(13,14)9-5-4-8-17-10(9)16-7-3-1-2-6-15/h4-5,8H,1-3,7H2,(H,16,17). The number of rotatable bonds is 5. The monoisotopic (exact) mass is 243 g/mol. The number of nitrogens with one attached hydrogen (secondary N) is 1. The molecule has 6 heteroatoms. The van der Waals surface area contributed by atoms with E-state index in [2.05, 4.69) is 10.3 Å². The van der Waals surface area contributed by atoms with Gasteiger partial charge in [-0.05, 0) is 25.0 Å². The van der Waals surface area contributed by atoms with Crippen molar-refractivity contribution in [1.29, 1.82) is 5.26 Å². The Balaban J connectivity index is 2.56. The molecule has 17 heavy (non-hydrogen) atoms. The Morgan fingerprint density at radius 3 is 2.76 bits per heavy atom. The van der Waals surface area contributed by atoms with Crippen LogP contribution in [0.1, 0.15) is 24.8 Å². The van der Waals surface area contributed by atoms with Crippen molar-refractivity contribution in [3.05, 3.63) is 23.9 Å². The van der Waals surface area contributed by atoms with Gasteiger partial charge < -0.3 is 5.32 Å². The fourth-order valence-electron chi connectivity index (χ4n) is 1.31. The molecule has 1 aromatic rings. The summed E-state index contributed by atoms with van der Waals surface area (Å²) in [6, 6.07) is 4.22. The Bertz CT molecular complexity index is 396. The fourth-order valence-corrected chi connectivity index (χ4v) is 1.31. The predicted molar refractivity (Wildman–Crippen MR) is 57.2 cm³/mol. The van der Waals surface area contributed by atoms with Gasteiger partial charge in [-0.1, -0.05) is 0 Å². The molecular formula is C11H12F3N3. The van der Waals surface area contributed by atoms with Crippen molar-refractivity contribution < 1.29 is 13.2 Å². The maximum absolute atomic E-state index is 12.6. The van der Waals surface area contributed by atoms with Gasteiger partial charge in [0.1, 0.15) is 5.82 Å². The van der Waals surface area contributed by atoms with Crippen LogP contribution >= 0.6 is 0 Å². The van der Waals surface area contributed by atoms with Crippen LogP contribution in [0.25, 0.3) is 0 Å². The number of nitriles is 1. The molecule has 0 atom stereocenters. The maximum atomic E-state index is 12.6. The van der Waals surface area contributed by atoms with E-state index in [0.29, 0.717) is 25.8 Å². The zero-order valence-corrected chi connectivity index (χ0v) is 9.09. The molecule has 1 aromatic heterocycles. The summed E-state index contributed by atoms with van der Waals surface area (Å²) in [7, 11) is 0. The molecule has 3 nitrogen and oxygen atoms in total. The lowest BCUT2D eigenvalue weighted by Gasteiger charge is -2.12. The van der Waals surface area contributed by atoms with Gasteiger partial charge >= 0.3 is 6.18 Å². The van der Waals surface area contributed by atoms with Crippen LogP contribution in [0.5, 0.6) is 0 Å². The van der Waals surface area contributed by atoms with Gasteiger partial charge in [0.2, 0.25) is 0 Å². The topological polar surface area (TPSA) is 48.7 Å². The van der Waals surface area contributed by atoms with Crippen LogP contribution < -0.4 is 5.32 Å². The molecule has 0 fully saturated rings. The SMILES string of the molecule is N#CCCCCNc1ncccc1C(F)(F)F. The van der Waals surface area contributed by atoms with Crippen molar-refractivity contribution in [2.75, 3.05) is 11.9 Å². The lowest BCUT2D eigenvalue weighted by molar-refractivity contribution is -0.137. The van der Waals surface area contributed by atoms with Gasteiger partial charge in [0, 0.05) is 19.2 Å². The average molecular weight is 243 g/mol. The minimum atomic E-state index is -4.40. The molecule has 0 radical (unpaired) electrons. The maximum Gasteiger partial charge on any atom is 0.419 e. The highest BCUT2D eigenvalue weighted by molar-refractivity contribution is 5.45. The van der Waals surface area contributed by atoms with E-state index in [0.717, 1.165) is 6.07 Å². The minimum absolute atomic E-state index is 0.156. The normalized spacial score (nSPS) is 10.9. The Labute approximate surface area is 97.3 Å². The van der Waals surface area contributed by atoms with Gasteiger partial charge in [-0.2, -0.15) is 18.4 Å². The van der Waals surface area contributed by atoms with E-state index in [1.165, 1.54) is 12.3 Å². The first-order valence-electron chi connectivity index (χ1n) is 5.18. The number of unbranched alkanes of at least 4 members (excludes halogenated alkanes) is 2. The molecule has 0 aliphatic carbocycles. The number of nitrogens with zero attached hydrogens (tertiary/aromatic N) is 2. The second kappa shape index (κ2) is 6.09. The van der Waals surface area contributed by atoms with E-state index in [1.807, 2.05) is 6.07 Å². The van der Waals surface area contributed by atoms with Crippen LogP contribution in [0.15, 0.2) is 18.3 Å². The highest BCUT2D eigenvalue weighted by Crippen LogP contribution is 2.33. The van der Waals surface area contributed by atoms with E-state index < -0.39 is 11.7 Å². The molecule has 0 saturated heterocycles. The van der Waals surface area contributed by atoms with Crippen LogP contribution in [-0.4, -0.2) is 11.5 Å². The molecule has 1 rings (SSSR count). The van der Waals surface area contributed by atoms with Crippen molar-refractivity contribution >= 4 is 5.82 Å². The second-order valence-electron chi connectivity index (χ2n) is 3.44. The molecular weight excluding hydrogens is 231 g/mol. The molecule has 0 amide bonds. The van der Waals surface area contributed by atoms with E-state index >= 15 is 0 Å². The van der Waals surface area contributed by atoms with Crippen molar-refractivity contribution in [3.8, 4) is 6.07 Å². The first kappa shape index (κ1) is 13.3. The van der Waals surface area contributed by atoms with Gasteiger partial charge in [0.25, 0.3) is 0 Å². The molecule has 0 unspecified atom stereocenters. The van der Waals surface area contributed by atoms with Crippen LogP contribution in [0, 0.1) is 11.3 Å². The molecule has 0 aliphatic heterocycles. The average Bonchev–Trinajstić information content (AvgIpc) is 2.28. The number of hydrogen-bond donors (Lipinski definition) is 1. The predicted octanol–water partition coefficient (Wildman–Crippen LogP) is 3.21. The van der Waals surface area contributed by atoms with E-state index in [9.17, 15) is 13.2 Å². The Morgan fingerprint density at radius 1 is 1.35 bits per heavy atom. The molecule has 0 spiro atoms. The van der Waals surface area contributed by atoms with E-state index in [1.54, 1.807) is 0 Å². The molecule has 92 valence electrons. The van der Waals surface area contributed by atoms with Crippen molar-refractivity contribution in [2.24, 2.45) is 0 Å². The number of anilines is 1. The van der Waals surface area contributed by atoms with Crippen molar-refractivity contribution in [2.45, 2.75) is 25.4 Å². The third kappa shape index (κ3) is 4.31. The van der Waals surface area contributed by atoms with Gasteiger partial charge in [0.05, 0.1) is 11.6 Å². The summed E-state index contributed by atoms with van der Waals surface area (Å²) in [4.78, 5) is 3.67. The Morgan fingerprint density at radius 2 is 2.12 bits per heavy atom. The lowest BCUT2D eigenvalue weighted by Crippen LogP contribution is -2.12. The second-order valence-corrected chi connectivity index (χ2v) is 3.44. The summed E-state index contributed by atoms with van der Waals surface area (Å²) in [6.07, 6.45) is -1.37. The first-order chi connectivity index (χ1) is 8.05. The van der Waals surface area contributed by atoms with Gasteiger partial charge in [-0.25, -0.2) is 4.98 Å². The molecule has 0 bridgehead atoms. The minimum Gasteiger partial charge on any atom is -0.370 e. The zero-order chi connectivity index (χ0) is 12.7. The molecule has 1 N–H and O–H groups in total. The van der Waals surface area contributed by atoms with E-state index in [4.69, 9.17) is 5.26 Å². The lowest BCUT2D eigenvalue weighted by atomic mass is 10.2. The summed E-state index contributed by atoms with van der Waals surface area (Å²) in [5.74, 6) is -0.156. The Hall–Kier alpha value is -1.77. The van der Waals surface area contributed by atoms with Gasteiger partial charge in [-0.15, -0.1) is 0 Å². The van der Waals surface area contributed by atoms with Crippen LogP contribution in [0.2, 0.25) is 0 Å². The molecule has 0 aliphatic rings. The quantitative estimate of drug-likeness (QED) is 0.808. The highest BCUT2D eigenvalue weighted by atomic mass is 19.4. The first-order valence-corrected chi connectivity index (χ1v) is 5.18. The summed E-state index contributed by atoms with van der Waals surface area (Å²) in [5.41, 5.74) is -0.764. The molecule has 0 aromatic carbocycles. The third-order valence-corrected chi connectivity index (χ3v) is 2.12. The third-order valence-electron chi connectivity index (χ3n) is 2.12. The van der Waals surface area contributed by atoms with Crippen LogP contribution in [-0.2, 0) is 6.18 Å². The number of pyridine rings is 1.